The molecule has 0 aliphatic carbocycles. The lowest BCUT2D eigenvalue weighted by Crippen LogP contribution is -2.35. The van der Waals surface area contributed by atoms with Crippen LogP contribution in [0, 0.1) is 5.92 Å². The molecule has 2 rings (SSSR count). The number of carbonyl (C=O) groups excluding carboxylic acids is 1. The van der Waals surface area contributed by atoms with E-state index >= 15 is 0 Å². The Morgan fingerprint density at radius 3 is 2.90 bits per heavy atom. The molecule has 1 aromatic rings. The molecule has 5 heteroatoms. The van der Waals surface area contributed by atoms with E-state index in [4.69, 9.17) is 9.47 Å². The molecule has 1 fully saturated rings. The fraction of sp³-hybridized carbons (Fsp3) is 0.600. The predicted octanol–water partition coefficient (Wildman–Crippen LogP) is 2.72. The van der Waals surface area contributed by atoms with E-state index in [1.54, 1.807) is 11.1 Å². The van der Waals surface area contributed by atoms with Crippen molar-refractivity contribution in [2.24, 2.45) is 5.92 Å². The number of ether oxygens (including phenoxy) is 2. The van der Waals surface area contributed by atoms with Crippen molar-refractivity contribution in [1.29, 1.82) is 0 Å². The molecule has 5 nitrogen and oxygen atoms in total. The third-order valence-corrected chi connectivity index (χ3v) is 3.04. The van der Waals surface area contributed by atoms with Crippen molar-refractivity contribution in [1.82, 2.24) is 9.88 Å². The van der Waals surface area contributed by atoms with Crippen LogP contribution in [0.3, 0.4) is 0 Å². The second-order valence-corrected chi connectivity index (χ2v) is 6.06. The van der Waals surface area contributed by atoms with Crippen LogP contribution in [0.5, 0.6) is 5.88 Å². The van der Waals surface area contributed by atoms with E-state index in [1.165, 1.54) is 0 Å². The van der Waals surface area contributed by atoms with Crippen molar-refractivity contribution < 1.29 is 14.3 Å². The van der Waals surface area contributed by atoms with Gasteiger partial charge in [0.15, 0.2) is 0 Å². The van der Waals surface area contributed by atoms with Gasteiger partial charge in [0, 0.05) is 31.3 Å². The lowest BCUT2D eigenvalue weighted by atomic mass is 10.1. The van der Waals surface area contributed by atoms with Crippen LogP contribution in [0.4, 0.5) is 4.79 Å². The molecular formula is C15H22N2O3. The van der Waals surface area contributed by atoms with Crippen LogP contribution < -0.4 is 4.74 Å². The molecule has 1 aromatic heterocycles. The number of nitrogens with zero attached hydrogens (tertiary/aromatic N) is 2. The molecule has 1 aliphatic heterocycles. The summed E-state index contributed by atoms with van der Waals surface area (Å²) in [4.78, 5) is 17.8. The Balaban J connectivity index is 1.76. The number of likely N-dealkylation sites (tertiary alicyclic amines) is 1. The second kappa shape index (κ2) is 6.11. The first kappa shape index (κ1) is 14.6. The first-order valence-corrected chi connectivity index (χ1v) is 6.96. The minimum absolute atomic E-state index is 0.238. The van der Waals surface area contributed by atoms with Gasteiger partial charge >= 0.3 is 6.09 Å². The Labute approximate surface area is 119 Å². The highest BCUT2D eigenvalue weighted by Gasteiger charge is 2.30. The second-order valence-electron chi connectivity index (χ2n) is 6.06. The molecule has 0 aromatic carbocycles. The van der Waals surface area contributed by atoms with Crippen molar-refractivity contribution in [3.05, 3.63) is 24.4 Å². The Morgan fingerprint density at radius 2 is 2.25 bits per heavy atom. The zero-order valence-electron chi connectivity index (χ0n) is 12.3. The van der Waals surface area contributed by atoms with Crippen molar-refractivity contribution in [2.45, 2.75) is 32.8 Å². The molecule has 110 valence electrons. The highest BCUT2D eigenvalue weighted by atomic mass is 16.6. The molecule has 0 bridgehead atoms. The molecule has 0 spiro atoms. The van der Waals surface area contributed by atoms with E-state index < -0.39 is 5.60 Å². The zero-order chi connectivity index (χ0) is 14.6. The van der Waals surface area contributed by atoms with Gasteiger partial charge in [-0.15, -0.1) is 0 Å². The fourth-order valence-electron chi connectivity index (χ4n) is 2.10. The highest BCUT2D eigenvalue weighted by molar-refractivity contribution is 5.68. The van der Waals surface area contributed by atoms with Gasteiger partial charge in [0.1, 0.15) is 5.60 Å². The minimum Gasteiger partial charge on any atom is -0.477 e. The van der Waals surface area contributed by atoms with Crippen molar-refractivity contribution in [3.8, 4) is 5.88 Å². The first-order chi connectivity index (χ1) is 9.44. The average molecular weight is 278 g/mol. The summed E-state index contributed by atoms with van der Waals surface area (Å²) in [5.74, 6) is 0.966. The van der Waals surface area contributed by atoms with E-state index in [2.05, 4.69) is 4.98 Å². The Morgan fingerprint density at radius 1 is 1.45 bits per heavy atom. The van der Waals surface area contributed by atoms with Crippen LogP contribution in [-0.4, -0.2) is 41.3 Å². The zero-order valence-corrected chi connectivity index (χ0v) is 12.3. The van der Waals surface area contributed by atoms with E-state index in [0.29, 0.717) is 24.9 Å². The molecule has 1 amide bonds. The maximum Gasteiger partial charge on any atom is 0.410 e. The summed E-state index contributed by atoms with van der Waals surface area (Å²) in [6.07, 6.45) is 2.40. The Kier molecular flexibility index (Phi) is 4.47. The van der Waals surface area contributed by atoms with Gasteiger partial charge in [0.05, 0.1) is 6.61 Å². The molecule has 0 saturated carbocycles. The van der Waals surface area contributed by atoms with Gasteiger partial charge in [0.25, 0.3) is 0 Å². The van der Waals surface area contributed by atoms with Crippen LogP contribution in [0.15, 0.2) is 24.4 Å². The normalized spacial score (nSPS) is 18.9. The van der Waals surface area contributed by atoms with Gasteiger partial charge in [-0.3, -0.25) is 0 Å². The molecule has 2 heterocycles. The monoisotopic (exact) mass is 278 g/mol. The van der Waals surface area contributed by atoms with Crippen molar-refractivity contribution in [3.63, 3.8) is 0 Å². The van der Waals surface area contributed by atoms with Crippen LogP contribution in [0.2, 0.25) is 0 Å². The lowest BCUT2D eigenvalue weighted by molar-refractivity contribution is 0.0284. The van der Waals surface area contributed by atoms with Crippen LogP contribution in [0.25, 0.3) is 0 Å². The third kappa shape index (κ3) is 4.40. The van der Waals surface area contributed by atoms with Gasteiger partial charge in [-0.05, 0) is 33.3 Å². The number of hydrogen-bond donors (Lipinski definition) is 0. The quantitative estimate of drug-likeness (QED) is 0.853. The first-order valence-electron chi connectivity index (χ1n) is 6.96. The van der Waals surface area contributed by atoms with E-state index in [1.807, 2.05) is 39.0 Å². The topological polar surface area (TPSA) is 51.7 Å². The van der Waals surface area contributed by atoms with Crippen molar-refractivity contribution >= 4 is 6.09 Å². The summed E-state index contributed by atoms with van der Waals surface area (Å²) in [5, 5.41) is 0. The Hall–Kier alpha value is -1.78. The molecule has 0 N–H and O–H groups in total. The SMILES string of the molecule is CC(C)(C)OC(=O)N1CC[C@@H](COc2ccccn2)C1. The number of rotatable bonds is 3. The number of hydrogen-bond acceptors (Lipinski definition) is 4. The lowest BCUT2D eigenvalue weighted by Gasteiger charge is -2.24. The van der Waals surface area contributed by atoms with E-state index in [-0.39, 0.29) is 6.09 Å². The summed E-state index contributed by atoms with van der Waals surface area (Å²) in [6.45, 7) is 7.62. The van der Waals surface area contributed by atoms with Crippen LogP contribution in [0.1, 0.15) is 27.2 Å². The highest BCUT2D eigenvalue weighted by Crippen LogP contribution is 2.20. The van der Waals surface area contributed by atoms with Gasteiger partial charge in [-0.1, -0.05) is 6.07 Å². The van der Waals surface area contributed by atoms with Gasteiger partial charge < -0.3 is 14.4 Å². The number of pyridine rings is 1. The summed E-state index contributed by atoms with van der Waals surface area (Å²) >= 11 is 0. The fourth-order valence-corrected chi connectivity index (χ4v) is 2.10. The van der Waals surface area contributed by atoms with E-state index in [0.717, 1.165) is 13.0 Å². The van der Waals surface area contributed by atoms with E-state index in [9.17, 15) is 4.79 Å². The largest absolute Gasteiger partial charge is 0.477 e. The predicted molar refractivity (Wildman–Crippen MR) is 75.6 cm³/mol. The molecule has 0 radical (unpaired) electrons. The van der Waals surface area contributed by atoms with Gasteiger partial charge in [-0.2, -0.15) is 0 Å². The smallest absolute Gasteiger partial charge is 0.410 e. The molecule has 1 saturated heterocycles. The molecular weight excluding hydrogens is 256 g/mol. The van der Waals surface area contributed by atoms with Gasteiger partial charge in [-0.25, -0.2) is 9.78 Å². The van der Waals surface area contributed by atoms with Gasteiger partial charge in [0.2, 0.25) is 5.88 Å². The van der Waals surface area contributed by atoms with Crippen LogP contribution in [-0.2, 0) is 4.74 Å². The molecule has 1 atom stereocenters. The molecule has 20 heavy (non-hydrogen) atoms. The minimum atomic E-state index is -0.445. The van der Waals surface area contributed by atoms with Crippen LogP contribution >= 0.6 is 0 Å². The number of amides is 1. The third-order valence-electron chi connectivity index (χ3n) is 3.04. The summed E-state index contributed by atoms with van der Waals surface area (Å²) in [6, 6.07) is 5.58. The molecule has 1 aliphatic rings. The van der Waals surface area contributed by atoms with Crippen molar-refractivity contribution in [2.75, 3.05) is 19.7 Å². The maximum absolute atomic E-state index is 11.9. The molecule has 0 unspecified atom stereocenters. The number of aromatic nitrogens is 1. The summed E-state index contributed by atoms with van der Waals surface area (Å²) in [5.41, 5.74) is -0.445. The standard InChI is InChI=1S/C15H22N2O3/c1-15(2,3)20-14(18)17-9-7-12(10-17)11-19-13-6-4-5-8-16-13/h4-6,8,12H,7,9-11H2,1-3H3/t12-/m1/s1. The number of carbonyl (C=O) groups is 1. The summed E-state index contributed by atoms with van der Waals surface area (Å²) < 4.78 is 11.0. The maximum atomic E-state index is 11.9. The Bertz CT molecular complexity index is 442. The average Bonchev–Trinajstić information content (AvgIpc) is 2.84. The summed E-state index contributed by atoms with van der Waals surface area (Å²) in [7, 11) is 0.